The third-order valence-corrected chi connectivity index (χ3v) is 5.70. The van der Waals surface area contributed by atoms with Crippen LogP contribution >= 0.6 is 11.3 Å². The number of hydrogen-bond acceptors (Lipinski definition) is 6. The molecule has 1 atom stereocenters. The Morgan fingerprint density at radius 1 is 1.24 bits per heavy atom. The highest BCUT2D eigenvalue weighted by Crippen LogP contribution is 2.31. The number of anilines is 1. The van der Waals surface area contributed by atoms with Gasteiger partial charge in [0.15, 0.2) is 5.76 Å². The van der Waals surface area contributed by atoms with Crippen LogP contribution in [-0.2, 0) is 0 Å². The smallest absolute Gasteiger partial charge is 0.291 e. The van der Waals surface area contributed by atoms with Crippen molar-refractivity contribution in [1.82, 2.24) is 4.90 Å². The Bertz CT molecular complexity index is 1060. The summed E-state index contributed by atoms with van der Waals surface area (Å²) in [5.41, 5.74) is 1.37. The quantitative estimate of drug-likeness (QED) is 0.468. The highest BCUT2D eigenvalue weighted by Gasteiger charge is 2.24. The number of carbonyl (C=O) groups is 2. The fraction of sp³-hybridized carbons (Fsp3) is 0.200. The van der Waals surface area contributed by atoms with Crippen molar-refractivity contribution in [2.45, 2.75) is 19.9 Å². The first-order valence-electron chi connectivity index (χ1n) is 8.74. The van der Waals surface area contributed by atoms with Crippen LogP contribution in [0.5, 0.6) is 0 Å². The average Bonchev–Trinajstić information content (AvgIpc) is 3.36. The van der Waals surface area contributed by atoms with Crippen molar-refractivity contribution < 1.29 is 18.9 Å². The van der Waals surface area contributed by atoms with Gasteiger partial charge in [0, 0.05) is 19.2 Å². The standard InChI is InChI=1S/C20H19N3O5S/c1-12-10-17(21-19(24)16-8-5-9-28-16)29-18(12)20(25)22(3)13(2)14-6-4-7-15(11-14)23(26)27/h4-11,13H,1-3H3,(H,21,24)/t13-/m0/s1. The number of furan rings is 1. The van der Waals surface area contributed by atoms with Crippen molar-refractivity contribution in [2.75, 3.05) is 12.4 Å². The van der Waals surface area contributed by atoms with Crippen LogP contribution in [-0.4, -0.2) is 28.7 Å². The summed E-state index contributed by atoms with van der Waals surface area (Å²) < 4.78 is 5.07. The summed E-state index contributed by atoms with van der Waals surface area (Å²) in [6.07, 6.45) is 1.41. The monoisotopic (exact) mass is 413 g/mol. The van der Waals surface area contributed by atoms with Crippen LogP contribution in [0.25, 0.3) is 0 Å². The number of hydrogen-bond donors (Lipinski definition) is 1. The molecule has 0 aliphatic carbocycles. The molecule has 2 amide bonds. The molecule has 3 rings (SSSR count). The first-order chi connectivity index (χ1) is 13.8. The molecular weight excluding hydrogens is 394 g/mol. The lowest BCUT2D eigenvalue weighted by atomic mass is 10.1. The third-order valence-electron chi connectivity index (χ3n) is 4.56. The molecule has 8 nitrogen and oxygen atoms in total. The molecule has 0 radical (unpaired) electrons. The second-order valence-corrected chi connectivity index (χ2v) is 7.55. The number of nitro benzene ring substituents is 1. The molecular formula is C20H19N3O5S. The molecule has 0 aliphatic heterocycles. The Kier molecular flexibility index (Phi) is 5.79. The normalized spacial score (nSPS) is 11.7. The number of thiophene rings is 1. The maximum absolute atomic E-state index is 13.0. The van der Waals surface area contributed by atoms with E-state index in [0.717, 1.165) is 5.56 Å². The minimum absolute atomic E-state index is 0.0228. The molecule has 9 heteroatoms. The number of aryl methyl sites for hydroxylation is 1. The van der Waals surface area contributed by atoms with E-state index in [4.69, 9.17) is 4.42 Å². The lowest BCUT2D eigenvalue weighted by Gasteiger charge is -2.25. The summed E-state index contributed by atoms with van der Waals surface area (Å²) in [5, 5.41) is 14.3. The van der Waals surface area contributed by atoms with Crippen LogP contribution in [0, 0.1) is 17.0 Å². The Labute approximate surface area is 170 Å². The zero-order valence-corrected chi connectivity index (χ0v) is 16.9. The second-order valence-electron chi connectivity index (χ2n) is 6.50. The van der Waals surface area contributed by atoms with Gasteiger partial charge in [0.25, 0.3) is 17.5 Å². The minimum atomic E-state index is -0.463. The number of benzene rings is 1. The highest BCUT2D eigenvalue weighted by molar-refractivity contribution is 7.18. The number of non-ortho nitro benzene ring substituents is 1. The van der Waals surface area contributed by atoms with Gasteiger partial charge in [-0.05, 0) is 43.2 Å². The summed E-state index contributed by atoms with van der Waals surface area (Å²) in [6.45, 7) is 3.59. The second kappa shape index (κ2) is 8.27. The molecule has 3 aromatic rings. The Morgan fingerprint density at radius 3 is 2.66 bits per heavy atom. The SMILES string of the molecule is Cc1cc(NC(=O)c2ccco2)sc1C(=O)N(C)[C@@H](C)c1cccc([N+](=O)[O-])c1. The van der Waals surface area contributed by atoms with Crippen molar-refractivity contribution >= 4 is 33.8 Å². The maximum atomic E-state index is 13.0. The van der Waals surface area contributed by atoms with Crippen molar-refractivity contribution in [3.63, 3.8) is 0 Å². The number of rotatable bonds is 6. The van der Waals surface area contributed by atoms with Gasteiger partial charge in [-0.3, -0.25) is 19.7 Å². The van der Waals surface area contributed by atoms with Gasteiger partial charge in [-0.15, -0.1) is 11.3 Å². The summed E-state index contributed by atoms with van der Waals surface area (Å²) in [4.78, 5) is 37.7. The Hall–Kier alpha value is -3.46. The van der Waals surface area contributed by atoms with Crippen LogP contribution in [0.4, 0.5) is 10.7 Å². The topological polar surface area (TPSA) is 106 Å². The molecule has 0 bridgehead atoms. The van der Waals surface area contributed by atoms with E-state index in [1.807, 2.05) is 0 Å². The van der Waals surface area contributed by atoms with E-state index >= 15 is 0 Å². The van der Waals surface area contributed by atoms with Crippen molar-refractivity contribution in [3.05, 3.63) is 80.6 Å². The number of amides is 2. The number of nitro groups is 1. The van der Waals surface area contributed by atoms with Crippen LogP contribution in [0.15, 0.2) is 53.1 Å². The predicted octanol–water partition coefficient (Wildman–Crippen LogP) is 4.64. The summed E-state index contributed by atoms with van der Waals surface area (Å²) in [7, 11) is 1.64. The Morgan fingerprint density at radius 2 is 2.00 bits per heavy atom. The Balaban J connectivity index is 1.77. The number of nitrogens with one attached hydrogen (secondary N) is 1. The van der Waals surface area contributed by atoms with Crippen LogP contribution in [0.2, 0.25) is 0 Å². The zero-order chi connectivity index (χ0) is 21.1. The van der Waals surface area contributed by atoms with E-state index < -0.39 is 10.8 Å². The maximum Gasteiger partial charge on any atom is 0.291 e. The van der Waals surface area contributed by atoms with E-state index in [0.29, 0.717) is 15.4 Å². The van der Waals surface area contributed by atoms with Gasteiger partial charge < -0.3 is 14.6 Å². The molecule has 1 aromatic carbocycles. The van der Waals surface area contributed by atoms with Crippen molar-refractivity contribution in [2.24, 2.45) is 0 Å². The summed E-state index contributed by atoms with van der Waals surface area (Å²) in [5.74, 6) is -0.445. The van der Waals surface area contributed by atoms with Crippen LogP contribution in [0.1, 0.15) is 44.3 Å². The predicted molar refractivity (Wildman–Crippen MR) is 109 cm³/mol. The van der Waals surface area contributed by atoms with Crippen molar-refractivity contribution in [3.8, 4) is 0 Å². The van der Waals surface area contributed by atoms with Gasteiger partial charge in [0.05, 0.1) is 27.1 Å². The molecule has 2 aromatic heterocycles. The molecule has 0 aliphatic rings. The van der Waals surface area contributed by atoms with E-state index in [1.54, 1.807) is 51.2 Å². The van der Waals surface area contributed by atoms with Gasteiger partial charge >= 0.3 is 0 Å². The van der Waals surface area contributed by atoms with Gasteiger partial charge in [-0.2, -0.15) is 0 Å². The largest absolute Gasteiger partial charge is 0.459 e. The van der Waals surface area contributed by atoms with E-state index in [2.05, 4.69) is 5.32 Å². The van der Waals surface area contributed by atoms with Gasteiger partial charge in [-0.25, -0.2) is 0 Å². The average molecular weight is 413 g/mol. The molecule has 0 unspecified atom stereocenters. The first kappa shape index (κ1) is 20.3. The summed E-state index contributed by atoms with van der Waals surface area (Å²) >= 11 is 1.17. The molecule has 0 fully saturated rings. The van der Waals surface area contributed by atoms with Gasteiger partial charge in [0.1, 0.15) is 0 Å². The van der Waals surface area contributed by atoms with E-state index in [-0.39, 0.29) is 23.4 Å². The molecule has 0 saturated heterocycles. The molecule has 0 saturated carbocycles. The number of carbonyl (C=O) groups excluding carboxylic acids is 2. The highest BCUT2D eigenvalue weighted by atomic mass is 32.1. The van der Waals surface area contributed by atoms with Gasteiger partial charge in [-0.1, -0.05) is 12.1 Å². The molecule has 1 N–H and O–H groups in total. The van der Waals surface area contributed by atoms with E-state index in [1.165, 1.54) is 34.6 Å². The summed E-state index contributed by atoms with van der Waals surface area (Å²) in [6, 6.07) is 10.7. The first-order valence-corrected chi connectivity index (χ1v) is 9.56. The molecule has 150 valence electrons. The minimum Gasteiger partial charge on any atom is -0.459 e. The van der Waals surface area contributed by atoms with Crippen LogP contribution in [0.3, 0.4) is 0 Å². The third kappa shape index (κ3) is 4.35. The molecule has 2 heterocycles. The lowest BCUT2D eigenvalue weighted by Crippen LogP contribution is -2.29. The molecule has 29 heavy (non-hydrogen) atoms. The van der Waals surface area contributed by atoms with Crippen molar-refractivity contribution in [1.29, 1.82) is 0 Å². The number of nitrogens with zero attached hydrogens (tertiary/aromatic N) is 2. The molecule has 0 spiro atoms. The van der Waals surface area contributed by atoms with Gasteiger partial charge in [0.2, 0.25) is 0 Å². The fourth-order valence-electron chi connectivity index (χ4n) is 2.80. The fourth-order valence-corrected chi connectivity index (χ4v) is 3.85. The lowest BCUT2D eigenvalue weighted by molar-refractivity contribution is -0.384. The zero-order valence-electron chi connectivity index (χ0n) is 16.0. The van der Waals surface area contributed by atoms with E-state index in [9.17, 15) is 19.7 Å². The van der Waals surface area contributed by atoms with Crippen LogP contribution < -0.4 is 5.32 Å².